The summed E-state index contributed by atoms with van der Waals surface area (Å²) < 4.78 is 5.58. The normalized spacial score (nSPS) is 19.1. The van der Waals surface area contributed by atoms with E-state index < -0.39 is 6.10 Å². The van der Waals surface area contributed by atoms with Crippen LogP contribution in [0.15, 0.2) is 30.3 Å². The first-order valence-corrected chi connectivity index (χ1v) is 7.52. The number of ether oxygens (including phenoxy) is 1. The minimum absolute atomic E-state index is 0.396. The lowest BCUT2D eigenvalue weighted by Crippen LogP contribution is -2.48. The Balaban J connectivity index is 1.60. The Morgan fingerprint density at radius 3 is 2.40 bits per heavy atom. The van der Waals surface area contributed by atoms with Crippen molar-refractivity contribution in [2.24, 2.45) is 0 Å². The fraction of sp³-hybridized carbons (Fsp3) is 0.625. The van der Waals surface area contributed by atoms with Crippen molar-refractivity contribution < 1.29 is 9.84 Å². The van der Waals surface area contributed by atoms with Crippen LogP contribution in [-0.4, -0.2) is 66.9 Å². The van der Waals surface area contributed by atoms with Gasteiger partial charge >= 0.3 is 0 Å². The molecule has 1 aromatic carbocycles. The lowest BCUT2D eigenvalue weighted by molar-refractivity contribution is 0.00177. The third kappa shape index (κ3) is 5.21. The quantitative estimate of drug-likeness (QED) is 0.813. The van der Waals surface area contributed by atoms with Gasteiger partial charge in [-0.3, -0.25) is 4.90 Å². The van der Waals surface area contributed by atoms with Crippen LogP contribution in [0.2, 0.25) is 0 Å². The largest absolute Gasteiger partial charge is 0.389 e. The molecule has 0 saturated carbocycles. The number of hydrogen-bond donors (Lipinski definition) is 1. The molecule has 1 saturated heterocycles. The predicted octanol–water partition coefficient (Wildman–Crippen LogP) is 1.20. The van der Waals surface area contributed by atoms with Gasteiger partial charge in [0.1, 0.15) is 0 Å². The van der Waals surface area contributed by atoms with E-state index in [9.17, 15) is 5.11 Å². The zero-order valence-electron chi connectivity index (χ0n) is 12.4. The minimum atomic E-state index is -0.396. The third-order valence-electron chi connectivity index (χ3n) is 3.80. The van der Waals surface area contributed by atoms with E-state index >= 15 is 0 Å². The predicted molar refractivity (Wildman–Crippen MR) is 80.7 cm³/mol. The van der Waals surface area contributed by atoms with E-state index in [-0.39, 0.29) is 0 Å². The van der Waals surface area contributed by atoms with Crippen LogP contribution in [-0.2, 0) is 11.3 Å². The molecular weight excluding hydrogens is 252 g/mol. The van der Waals surface area contributed by atoms with Crippen LogP contribution in [0.3, 0.4) is 0 Å². The molecule has 0 aliphatic carbocycles. The highest BCUT2D eigenvalue weighted by Crippen LogP contribution is 2.04. The van der Waals surface area contributed by atoms with Gasteiger partial charge in [0, 0.05) is 32.7 Å². The van der Waals surface area contributed by atoms with Crippen LogP contribution in [0.1, 0.15) is 12.5 Å². The number of β-amino-alcohol motifs (C(OH)–C–C–N with tert-alkyl or cyclic N) is 1. The summed E-state index contributed by atoms with van der Waals surface area (Å²) in [6.07, 6.45) is -0.396. The van der Waals surface area contributed by atoms with Crippen LogP contribution in [0.4, 0.5) is 0 Å². The van der Waals surface area contributed by atoms with Gasteiger partial charge in [0.05, 0.1) is 19.3 Å². The summed E-state index contributed by atoms with van der Waals surface area (Å²) in [6.45, 7) is 9.31. The molecule has 1 aliphatic heterocycles. The Kier molecular flexibility index (Phi) is 6.47. The zero-order valence-corrected chi connectivity index (χ0v) is 12.4. The molecule has 0 amide bonds. The molecule has 112 valence electrons. The van der Waals surface area contributed by atoms with E-state index in [1.807, 2.05) is 30.3 Å². The van der Waals surface area contributed by atoms with Gasteiger partial charge in [-0.2, -0.15) is 0 Å². The molecule has 1 heterocycles. The summed E-state index contributed by atoms with van der Waals surface area (Å²) in [5.41, 5.74) is 1.15. The van der Waals surface area contributed by atoms with Crippen molar-refractivity contribution in [2.45, 2.75) is 19.6 Å². The molecule has 1 fully saturated rings. The average molecular weight is 278 g/mol. The third-order valence-corrected chi connectivity index (χ3v) is 3.80. The molecule has 0 unspecified atom stereocenters. The SMILES string of the molecule is CCN1CCN(C[C@@H](O)COCc2ccccc2)CC1. The van der Waals surface area contributed by atoms with Crippen LogP contribution < -0.4 is 0 Å². The molecule has 0 bridgehead atoms. The number of aliphatic hydroxyl groups excluding tert-OH is 1. The van der Waals surface area contributed by atoms with Crippen molar-refractivity contribution >= 4 is 0 Å². The molecule has 20 heavy (non-hydrogen) atoms. The van der Waals surface area contributed by atoms with Gasteiger partial charge in [0.25, 0.3) is 0 Å². The number of rotatable bonds is 7. The van der Waals surface area contributed by atoms with Crippen molar-refractivity contribution in [2.75, 3.05) is 45.9 Å². The second-order valence-electron chi connectivity index (χ2n) is 5.39. The molecule has 1 atom stereocenters. The summed E-state index contributed by atoms with van der Waals surface area (Å²) in [7, 11) is 0. The molecule has 0 spiro atoms. The summed E-state index contributed by atoms with van der Waals surface area (Å²) >= 11 is 0. The number of piperazine rings is 1. The maximum absolute atomic E-state index is 10.0. The average Bonchev–Trinajstić information content (AvgIpc) is 2.49. The molecule has 0 radical (unpaired) electrons. The first-order chi connectivity index (χ1) is 9.78. The smallest absolute Gasteiger partial charge is 0.0900 e. The van der Waals surface area contributed by atoms with E-state index in [0.29, 0.717) is 19.8 Å². The van der Waals surface area contributed by atoms with E-state index in [4.69, 9.17) is 4.74 Å². The monoisotopic (exact) mass is 278 g/mol. The van der Waals surface area contributed by atoms with Crippen molar-refractivity contribution in [3.05, 3.63) is 35.9 Å². The van der Waals surface area contributed by atoms with Crippen molar-refractivity contribution in [3.63, 3.8) is 0 Å². The van der Waals surface area contributed by atoms with Crippen LogP contribution in [0.5, 0.6) is 0 Å². The Labute approximate surface area is 122 Å². The number of nitrogens with zero attached hydrogens (tertiary/aromatic N) is 2. The van der Waals surface area contributed by atoms with E-state index in [1.165, 1.54) is 0 Å². The number of benzene rings is 1. The van der Waals surface area contributed by atoms with Crippen LogP contribution >= 0.6 is 0 Å². The Morgan fingerprint density at radius 1 is 1.10 bits per heavy atom. The van der Waals surface area contributed by atoms with E-state index in [1.54, 1.807) is 0 Å². The van der Waals surface area contributed by atoms with Gasteiger partial charge < -0.3 is 14.7 Å². The second kappa shape index (κ2) is 8.37. The summed E-state index contributed by atoms with van der Waals surface area (Å²) in [5.74, 6) is 0. The Morgan fingerprint density at radius 2 is 1.75 bits per heavy atom. The number of likely N-dealkylation sites (N-methyl/N-ethyl adjacent to an activating group) is 1. The summed E-state index contributed by atoms with van der Waals surface area (Å²) in [4.78, 5) is 4.76. The fourth-order valence-corrected chi connectivity index (χ4v) is 2.53. The highest BCUT2D eigenvalue weighted by molar-refractivity contribution is 5.13. The molecule has 4 heteroatoms. The highest BCUT2D eigenvalue weighted by atomic mass is 16.5. The standard InChI is InChI=1S/C16H26N2O2/c1-2-17-8-10-18(11-9-17)12-16(19)14-20-13-15-6-4-3-5-7-15/h3-7,16,19H,2,8-14H2,1H3/t16-/m1/s1. The van der Waals surface area contributed by atoms with Gasteiger partial charge in [0.2, 0.25) is 0 Å². The molecule has 1 aliphatic rings. The molecule has 1 aromatic rings. The topological polar surface area (TPSA) is 35.9 Å². The minimum Gasteiger partial charge on any atom is -0.389 e. The van der Waals surface area contributed by atoms with Crippen molar-refractivity contribution in [3.8, 4) is 0 Å². The van der Waals surface area contributed by atoms with E-state index in [0.717, 1.165) is 38.3 Å². The molecule has 2 rings (SSSR count). The van der Waals surface area contributed by atoms with Gasteiger partial charge in [-0.05, 0) is 12.1 Å². The first-order valence-electron chi connectivity index (χ1n) is 7.52. The van der Waals surface area contributed by atoms with Crippen LogP contribution in [0.25, 0.3) is 0 Å². The van der Waals surface area contributed by atoms with Crippen molar-refractivity contribution in [1.29, 1.82) is 0 Å². The van der Waals surface area contributed by atoms with Gasteiger partial charge in [-0.15, -0.1) is 0 Å². The Bertz CT molecular complexity index is 364. The maximum atomic E-state index is 10.0. The maximum Gasteiger partial charge on any atom is 0.0900 e. The lowest BCUT2D eigenvalue weighted by Gasteiger charge is -2.34. The number of aliphatic hydroxyl groups is 1. The second-order valence-corrected chi connectivity index (χ2v) is 5.39. The molecule has 4 nitrogen and oxygen atoms in total. The molecular formula is C16H26N2O2. The summed E-state index contributed by atoms with van der Waals surface area (Å²) in [5, 5.41) is 10.0. The molecule has 0 aromatic heterocycles. The van der Waals surface area contributed by atoms with Gasteiger partial charge in [-0.1, -0.05) is 37.3 Å². The Hall–Kier alpha value is -0.940. The summed E-state index contributed by atoms with van der Waals surface area (Å²) in [6, 6.07) is 10.1. The molecule has 1 N–H and O–H groups in total. The number of hydrogen-bond acceptors (Lipinski definition) is 4. The lowest BCUT2D eigenvalue weighted by atomic mass is 10.2. The highest BCUT2D eigenvalue weighted by Gasteiger charge is 2.18. The van der Waals surface area contributed by atoms with Crippen molar-refractivity contribution in [1.82, 2.24) is 9.80 Å². The van der Waals surface area contributed by atoms with Gasteiger partial charge in [0.15, 0.2) is 0 Å². The zero-order chi connectivity index (χ0) is 14.2. The fourth-order valence-electron chi connectivity index (χ4n) is 2.53. The van der Waals surface area contributed by atoms with E-state index in [2.05, 4.69) is 16.7 Å². The first kappa shape index (κ1) is 15.4. The van der Waals surface area contributed by atoms with Crippen LogP contribution in [0, 0.1) is 0 Å². The van der Waals surface area contributed by atoms with Gasteiger partial charge in [-0.25, -0.2) is 0 Å².